The van der Waals surface area contributed by atoms with Crippen LogP contribution in [0.3, 0.4) is 0 Å². The smallest absolute Gasteiger partial charge is 0.146 e. The summed E-state index contributed by atoms with van der Waals surface area (Å²) in [6.45, 7) is 10.5. The summed E-state index contributed by atoms with van der Waals surface area (Å²) in [5, 5.41) is 4.58. The third-order valence-corrected chi connectivity index (χ3v) is 3.62. The molecule has 3 heteroatoms. The molecule has 0 bridgehead atoms. The van der Waals surface area contributed by atoms with Crippen LogP contribution in [-0.4, -0.2) is 24.2 Å². The molecular formula is C18H26N2O. The van der Waals surface area contributed by atoms with Gasteiger partial charge in [0.05, 0.1) is 0 Å². The van der Waals surface area contributed by atoms with Gasteiger partial charge in [0.25, 0.3) is 0 Å². The average molecular weight is 286 g/mol. The minimum absolute atomic E-state index is 0.157. The summed E-state index contributed by atoms with van der Waals surface area (Å²) < 4.78 is 6.27. The number of nitrogens with one attached hydrogen (secondary N) is 1. The summed E-state index contributed by atoms with van der Waals surface area (Å²) in [4.78, 5) is 4.64. The Balaban J connectivity index is 2.21. The summed E-state index contributed by atoms with van der Waals surface area (Å²) in [5.74, 6) is 1.34. The quantitative estimate of drug-likeness (QED) is 0.783. The minimum Gasteiger partial charge on any atom is -0.487 e. The topological polar surface area (TPSA) is 34.1 Å². The molecule has 0 aliphatic carbocycles. The first-order valence-corrected chi connectivity index (χ1v) is 7.85. The van der Waals surface area contributed by atoms with Gasteiger partial charge in [0.15, 0.2) is 0 Å². The Labute approximate surface area is 127 Å². The van der Waals surface area contributed by atoms with Gasteiger partial charge in [-0.1, -0.05) is 39.0 Å². The Hall–Kier alpha value is -1.61. The highest BCUT2D eigenvalue weighted by Gasteiger charge is 2.16. The van der Waals surface area contributed by atoms with Gasteiger partial charge in [0.2, 0.25) is 0 Å². The molecule has 0 saturated carbocycles. The molecule has 0 spiro atoms. The van der Waals surface area contributed by atoms with Gasteiger partial charge in [0.1, 0.15) is 17.4 Å². The summed E-state index contributed by atoms with van der Waals surface area (Å²) in [5.41, 5.74) is 1.97. The highest BCUT2D eigenvalue weighted by atomic mass is 16.5. The number of hydrogen-bond acceptors (Lipinski definition) is 3. The summed E-state index contributed by atoms with van der Waals surface area (Å²) in [6, 6.07) is 10.3. The van der Waals surface area contributed by atoms with Crippen molar-refractivity contribution in [3.63, 3.8) is 0 Å². The molecule has 114 valence electrons. The lowest BCUT2D eigenvalue weighted by molar-refractivity contribution is 0.151. The summed E-state index contributed by atoms with van der Waals surface area (Å²) >= 11 is 0. The number of benzene rings is 1. The molecule has 1 unspecified atom stereocenters. The maximum absolute atomic E-state index is 6.27. The molecular weight excluding hydrogens is 260 g/mol. The Bertz CT molecular complexity index is 580. The number of aryl methyl sites for hydroxylation is 1. The first-order valence-electron chi connectivity index (χ1n) is 7.85. The molecule has 0 aliphatic rings. The van der Waals surface area contributed by atoms with Crippen molar-refractivity contribution in [2.75, 3.05) is 13.1 Å². The molecule has 0 radical (unpaired) electrons. The molecule has 2 rings (SSSR count). The van der Waals surface area contributed by atoms with Crippen molar-refractivity contribution in [2.24, 2.45) is 5.92 Å². The first-order chi connectivity index (χ1) is 10.1. The number of nitrogens with zero attached hydrogens (tertiary/aromatic N) is 1. The van der Waals surface area contributed by atoms with Gasteiger partial charge in [-0.3, -0.25) is 0 Å². The van der Waals surface area contributed by atoms with Crippen molar-refractivity contribution in [2.45, 2.75) is 40.2 Å². The third kappa shape index (κ3) is 4.18. The predicted molar refractivity (Wildman–Crippen MR) is 88.9 cm³/mol. The van der Waals surface area contributed by atoms with Gasteiger partial charge in [-0.2, -0.15) is 0 Å². The maximum Gasteiger partial charge on any atom is 0.146 e. The molecule has 0 aliphatic heterocycles. The fraction of sp³-hybridized carbons (Fsp3) is 0.500. The normalized spacial score (nSPS) is 12.8. The fourth-order valence-electron chi connectivity index (χ4n) is 2.31. The van der Waals surface area contributed by atoms with E-state index in [0.717, 1.165) is 41.9 Å². The highest BCUT2D eigenvalue weighted by Crippen LogP contribution is 2.26. The van der Waals surface area contributed by atoms with Crippen LogP contribution < -0.4 is 10.1 Å². The van der Waals surface area contributed by atoms with Crippen LogP contribution in [0.4, 0.5) is 0 Å². The van der Waals surface area contributed by atoms with Crippen LogP contribution in [0.15, 0.2) is 30.3 Å². The van der Waals surface area contributed by atoms with Crippen molar-refractivity contribution in [3.05, 3.63) is 36.0 Å². The second-order valence-corrected chi connectivity index (χ2v) is 5.88. The van der Waals surface area contributed by atoms with Crippen molar-refractivity contribution in [1.82, 2.24) is 10.3 Å². The van der Waals surface area contributed by atoms with E-state index in [-0.39, 0.29) is 6.10 Å². The SMILES string of the molecule is CCCNCC(Oc1cccc2ccc(C)nc12)C(C)C. The zero-order valence-electron chi connectivity index (χ0n) is 13.5. The Morgan fingerprint density at radius 2 is 2.00 bits per heavy atom. The van der Waals surface area contributed by atoms with E-state index >= 15 is 0 Å². The molecule has 21 heavy (non-hydrogen) atoms. The van der Waals surface area contributed by atoms with Gasteiger partial charge in [0, 0.05) is 17.6 Å². The van der Waals surface area contributed by atoms with Crippen molar-refractivity contribution < 1.29 is 4.74 Å². The fourth-order valence-corrected chi connectivity index (χ4v) is 2.31. The van der Waals surface area contributed by atoms with E-state index in [9.17, 15) is 0 Å². The second-order valence-electron chi connectivity index (χ2n) is 5.88. The van der Waals surface area contributed by atoms with Crippen LogP contribution in [0.2, 0.25) is 0 Å². The number of hydrogen-bond donors (Lipinski definition) is 1. The van der Waals surface area contributed by atoms with E-state index in [0.29, 0.717) is 5.92 Å². The van der Waals surface area contributed by atoms with Gasteiger partial charge >= 0.3 is 0 Å². The number of ether oxygens (including phenoxy) is 1. The molecule has 1 atom stereocenters. The van der Waals surface area contributed by atoms with E-state index in [1.165, 1.54) is 0 Å². The average Bonchev–Trinajstić information content (AvgIpc) is 2.46. The molecule has 1 aromatic heterocycles. The van der Waals surface area contributed by atoms with Crippen LogP contribution in [0, 0.1) is 12.8 Å². The first kappa shape index (κ1) is 15.8. The molecule has 2 aromatic rings. The Morgan fingerprint density at radius 3 is 2.71 bits per heavy atom. The van der Waals surface area contributed by atoms with Gasteiger partial charge in [-0.25, -0.2) is 4.98 Å². The predicted octanol–water partition coefficient (Wildman–Crippen LogP) is 3.95. The molecule has 0 fully saturated rings. The monoisotopic (exact) mass is 286 g/mol. The van der Waals surface area contributed by atoms with E-state index in [4.69, 9.17) is 4.74 Å². The molecule has 1 heterocycles. The zero-order chi connectivity index (χ0) is 15.2. The zero-order valence-corrected chi connectivity index (χ0v) is 13.5. The van der Waals surface area contributed by atoms with Crippen LogP contribution in [0.25, 0.3) is 10.9 Å². The van der Waals surface area contributed by atoms with Gasteiger partial charge in [-0.05, 0) is 37.9 Å². The Kier molecular flexibility index (Phi) is 5.57. The van der Waals surface area contributed by atoms with Crippen LogP contribution in [-0.2, 0) is 0 Å². The molecule has 0 amide bonds. The number of fused-ring (bicyclic) bond motifs is 1. The minimum atomic E-state index is 0.157. The van der Waals surface area contributed by atoms with Gasteiger partial charge < -0.3 is 10.1 Å². The van der Waals surface area contributed by atoms with Crippen molar-refractivity contribution in [3.8, 4) is 5.75 Å². The number of para-hydroxylation sites is 1. The highest BCUT2D eigenvalue weighted by molar-refractivity contribution is 5.84. The number of rotatable bonds is 7. The standard InChI is InChI=1S/C18H26N2O/c1-5-11-19-12-17(13(2)3)21-16-8-6-7-15-10-9-14(4)20-18(15)16/h6-10,13,17,19H,5,11-12H2,1-4H3. The van der Waals surface area contributed by atoms with Crippen LogP contribution in [0.1, 0.15) is 32.9 Å². The third-order valence-electron chi connectivity index (χ3n) is 3.62. The van der Waals surface area contributed by atoms with E-state index < -0.39 is 0 Å². The van der Waals surface area contributed by atoms with Crippen LogP contribution in [0.5, 0.6) is 5.75 Å². The lowest BCUT2D eigenvalue weighted by Crippen LogP contribution is -2.35. The van der Waals surface area contributed by atoms with Gasteiger partial charge in [-0.15, -0.1) is 0 Å². The maximum atomic E-state index is 6.27. The Morgan fingerprint density at radius 1 is 1.19 bits per heavy atom. The number of pyridine rings is 1. The van der Waals surface area contributed by atoms with E-state index in [1.54, 1.807) is 0 Å². The molecule has 0 saturated heterocycles. The molecule has 3 nitrogen and oxygen atoms in total. The number of aromatic nitrogens is 1. The lowest BCUT2D eigenvalue weighted by atomic mass is 10.1. The van der Waals surface area contributed by atoms with E-state index in [1.807, 2.05) is 25.1 Å². The largest absolute Gasteiger partial charge is 0.487 e. The second kappa shape index (κ2) is 7.41. The van der Waals surface area contributed by atoms with E-state index in [2.05, 4.69) is 43.2 Å². The van der Waals surface area contributed by atoms with Crippen molar-refractivity contribution >= 4 is 10.9 Å². The van der Waals surface area contributed by atoms with Crippen molar-refractivity contribution in [1.29, 1.82) is 0 Å². The molecule has 1 aromatic carbocycles. The summed E-state index contributed by atoms with van der Waals surface area (Å²) in [6.07, 6.45) is 1.30. The lowest BCUT2D eigenvalue weighted by Gasteiger charge is -2.23. The summed E-state index contributed by atoms with van der Waals surface area (Å²) in [7, 11) is 0. The molecule has 1 N–H and O–H groups in total. The van der Waals surface area contributed by atoms with Crippen LogP contribution >= 0.6 is 0 Å².